The van der Waals surface area contributed by atoms with E-state index in [2.05, 4.69) is 5.32 Å². The van der Waals surface area contributed by atoms with Crippen molar-refractivity contribution in [2.45, 2.75) is 19.4 Å². The van der Waals surface area contributed by atoms with Crippen molar-refractivity contribution in [1.29, 1.82) is 0 Å². The zero-order valence-electron chi connectivity index (χ0n) is 10.6. The molecule has 1 aromatic carbocycles. The zero-order chi connectivity index (χ0) is 13.7. The van der Waals surface area contributed by atoms with Gasteiger partial charge in [0.15, 0.2) is 0 Å². The molecule has 1 rings (SSSR count). The van der Waals surface area contributed by atoms with E-state index in [4.69, 9.17) is 11.5 Å². The Kier molecular flexibility index (Phi) is 5.15. The lowest BCUT2D eigenvalue weighted by Crippen LogP contribution is -2.22. The minimum Gasteiger partial charge on any atom is -0.397 e. The van der Waals surface area contributed by atoms with E-state index >= 15 is 0 Å². The molecule has 0 heterocycles. The van der Waals surface area contributed by atoms with Gasteiger partial charge in [-0.15, -0.1) is 0 Å². The van der Waals surface area contributed by atoms with Crippen molar-refractivity contribution < 1.29 is 9.00 Å². The molecule has 1 amide bonds. The number of nitrogen functional groups attached to an aromatic ring is 1. The molecule has 0 saturated heterocycles. The van der Waals surface area contributed by atoms with Crippen molar-refractivity contribution in [3.8, 4) is 0 Å². The molecule has 5 nitrogen and oxygen atoms in total. The molecule has 2 atom stereocenters. The van der Waals surface area contributed by atoms with Crippen LogP contribution in [0.25, 0.3) is 0 Å². The van der Waals surface area contributed by atoms with Crippen molar-refractivity contribution in [3.05, 3.63) is 23.8 Å². The van der Waals surface area contributed by atoms with E-state index in [-0.39, 0.29) is 6.04 Å². The predicted molar refractivity (Wildman–Crippen MR) is 76.0 cm³/mol. The molecule has 0 saturated carbocycles. The largest absolute Gasteiger partial charge is 0.397 e. The molecule has 100 valence electrons. The maximum atomic E-state index is 11.3. The first-order chi connectivity index (χ1) is 8.41. The van der Waals surface area contributed by atoms with E-state index in [0.29, 0.717) is 22.7 Å². The van der Waals surface area contributed by atoms with Crippen LogP contribution in [-0.2, 0) is 10.8 Å². The Morgan fingerprint density at radius 1 is 1.50 bits per heavy atom. The van der Waals surface area contributed by atoms with Gasteiger partial charge >= 0.3 is 0 Å². The lowest BCUT2D eigenvalue weighted by atomic mass is 10.1. The number of carbonyl (C=O) groups excluding carboxylic acids is 1. The summed E-state index contributed by atoms with van der Waals surface area (Å²) >= 11 is 0. The fourth-order valence-electron chi connectivity index (χ4n) is 1.60. The monoisotopic (exact) mass is 269 g/mol. The summed E-state index contributed by atoms with van der Waals surface area (Å²) in [5.74, 6) is 0.0864. The average molecular weight is 269 g/mol. The quantitative estimate of drug-likeness (QED) is 0.669. The number of nitrogens with one attached hydrogen (secondary N) is 1. The third-order valence-corrected chi connectivity index (χ3v) is 3.40. The highest BCUT2D eigenvalue weighted by molar-refractivity contribution is 7.84. The molecule has 18 heavy (non-hydrogen) atoms. The molecule has 0 aromatic heterocycles. The predicted octanol–water partition coefficient (Wildman–Crippen LogP) is 0.937. The highest BCUT2D eigenvalue weighted by Gasteiger charge is 2.13. The summed E-state index contributed by atoms with van der Waals surface area (Å²) in [6.45, 7) is 1.95. The van der Waals surface area contributed by atoms with E-state index in [0.717, 1.165) is 6.42 Å². The molecule has 0 bridgehead atoms. The van der Waals surface area contributed by atoms with Crippen LogP contribution in [0.1, 0.15) is 23.7 Å². The number of hydrogen-bond acceptors (Lipinski definition) is 4. The molecule has 0 aliphatic carbocycles. The van der Waals surface area contributed by atoms with Crippen LogP contribution in [0.15, 0.2) is 18.2 Å². The van der Waals surface area contributed by atoms with Crippen LogP contribution in [0.2, 0.25) is 0 Å². The second-order valence-corrected chi connectivity index (χ2v) is 5.80. The number of hydrogen-bond donors (Lipinski definition) is 3. The van der Waals surface area contributed by atoms with Gasteiger partial charge in [-0.3, -0.25) is 9.00 Å². The van der Waals surface area contributed by atoms with Gasteiger partial charge in [-0.2, -0.15) is 0 Å². The summed E-state index contributed by atoms with van der Waals surface area (Å²) in [7, 11) is -0.827. The molecule has 0 spiro atoms. The first kappa shape index (κ1) is 14.5. The maximum Gasteiger partial charge on any atom is 0.250 e. The smallest absolute Gasteiger partial charge is 0.250 e. The fraction of sp³-hybridized carbons (Fsp3) is 0.417. The highest BCUT2D eigenvalue weighted by atomic mass is 32.2. The summed E-state index contributed by atoms with van der Waals surface area (Å²) < 4.78 is 11.0. The van der Waals surface area contributed by atoms with E-state index in [9.17, 15) is 9.00 Å². The lowest BCUT2D eigenvalue weighted by Gasteiger charge is -2.18. The normalized spacial score (nSPS) is 13.9. The van der Waals surface area contributed by atoms with Crippen LogP contribution in [0, 0.1) is 0 Å². The first-order valence-corrected chi connectivity index (χ1v) is 7.39. The average Bonchev–Trinajstić information content (AvgIpc) is 2.28. The number of amides is 1. The second kappa shape index (κ2) is 6.39. The first-order valence-electron chi connectivity index (χ1n) is 5.66. The minimum absolute atomic E-state index is 0.0664. The summed E-state index contributed by atoms with van der Waals surface area (Å²) in [4.78, 5) is 11.3. The van der Waals surface area contributed by atoms with Crippen LogP contribution < -0.4 is 16.8 Å². The van der Waals surface area contributed by atoms with Gasteiger partial charge in [-0.25, -0.2) is 0 Å². The maximum absolute atomic E-state index is 11.3. The molecule has 0 aliphatic heterocycles. The lowest BCUT2D eigenvalue weighted by molar-refractivity contribution is 0.100. The van der Waals surface area contributed by atoms with Gasteiger partial charge in [-0.1, -0.05) is 6.07 Å². The van der Waals surface area contributed by atoms with E-state index < -0.39 is 16.7 Å². The minimum atomic E-state index is -0.827. The van der Waals surface area contributed by atoms with Gasteiger partial charge < -0.3 is 16.8 Å². The Labute approximate surface area is 109 Å². The van der Waals surface area contributed by atoms with Gasteiger partial charge in [0.2, 0.25) is 0 Å². The number of primary amides is 1. The van der Waals surface area contributed by atoms with Gasteiger partial charge in [0.1, 0.15) is 0 Å². The number of benzene rings is 1. The van der Waals surface area contributed by atoms with Crippen molar-refractivity contribution in [2.24, 2.45) is 5.73 Å². The number of nitrogens with two attached hydrogens (primary N) is 2. The van der Waals surface area contributed by atoms with Crippen LogP contribution >= 0.6 is 0 Å². The summed E-state index contributed by atoms with van der Waals surface area (Å²) in [6.07, 6.45) is 2.40. The van der Waals surface area contributed by atoms with Crippen molar-refractivity contribution in [3.63, 3.8) is 0 Å². The zero-order valence-corrected chi connectivity index (χ0v) is 11.4. The molecule has 0 aliphatic rings. The van der Waals surface area contributed by atoms with Gasteiger partial charge in [0, 0.05) is 28.9 Å². The molecule has 5 N–H and O–H groups in total. The van der Waals surface area contributed by atoms with E-state index in [1.807, 2.05) is 6.92 Å². The van der Waals surface area contributed by atoms with Crippen LogP contribution in [0.4, 0.5) is 11.4 Å². The molecule has 0 radical (unpaired) electrons. The molecule has 6 heteroatoms. The van der Waals surface area contributed by atoms with Gasteiger partial charge in [0.25, 0.3) is 5.91 Å². The Hall–Kier alpha value is -1.56. The Bertz CT molecular complexity index is 463. The molecule has 0 fully saturated rings. The summed E-state index contributed by atoms with van der Waals surface area (Å²) in [5.41, 5.74) is 12.5. The highest BCUT2D eigenvalue weighted by Crippen LogP contribution is 2.24. The number of carbonyl (C=O) groups is 1. The van der Waals surface area contributed by atoms with E-state index in [1.54, 1.807) is 24.5 Å². The summed E-state index contributed by atoms with van der Waals surface area (Å²) in [5, 5.41) is 3.16. The van der Waals surface area contributed by atoms with Crippen molar-refractivity contribution in [2.75, 3.05) is 23.1 Å². The van der Waals surface area contributed by atoms with Crippen LogP contribution in [0.5, 0.6) is 0 Å². The number of rotatable bonds is 6. The second-order valence-electron chi connectivity index (χ2n) is 4.25. The topological polar surface area (TPSA) is 98.2 Å². The van der Waals surface area contributed by atoms with E-state index in [1.165, 1.54) is 0 Å². The molecule has 2 unspecified atom stereocenters. The molecular weight excluding hydrogens is 250 g/mol. The molecular formula is C12H19N3O2S. The Morgan fingerprint density at radius 2 is 2.17 bits per heavy atom. The molecule has 1 aromatic rings. The van der Waals surface area contributed by atoms with Gasteiger partial charge in [-0.05, 0) is 25.5 Å². The Morgan fingerprint density at radius 3 is 2.72 bits per heavy atom. The van der Waals surface area contributed by atoms with Crippen LogP contribution in [-0.4, -0.2) is 28.2 Å². The van der Waals surface area contributed by atoms with Gasteiger partial charge in [0.05, 0.1) is 16.9 Å². The van der Waals surface area contributed by atoms with Crippen LogP contribution in [0.3, 0.4) is 0 Å². The third-order valence-electron chi connectivity index (χ3n) is 2.59. The Balaban J connectivity index is 2.83. The standard InChI is InChI=1S/C12H19N3O2S/c1-8(6-7-18(2)17)15-11-9(12(14)16)4-3-5-10(11)13/h3-5,8,15H,6-7,13H2,1-2H3,(H2,14,16). The SMILES string of the molecule is CC(CCS(C)=O)Nc1c(N)cccc1C(N)=O. The fourth-order valence-corrected chi connectivity index (χ4v) is 2.28. The van der Waals surface area contributed by atoms with Crippen molar-refractivity contribution >= 4 is 28.1 Å². The van der Waals surface area contributed by atoms with Crippen molar-refractivity contribution in [1.82, 2.24) is 0 Å². The third kappa shape index (κ3) is 4.03. The number of anilines is 2. The number of para-hydroxylation sites is 1. The summed E-state index contributed by atoms with van der Waals surface area (Å²) in [6, 6.07) is 5.09.